The van der Waals surface area contributed by atoms with Crippen LogP contribution in [-0.4, -0.2) is 35.2 Å². The first kappa shape index (κ1) is 18.4. The zero-order valence-electron chi connectivity index (χ0n) is 12.4. The second-order valence-electron chi connectivity index (χ2n) is 4.29. The van der Waals surface area contributed by atoms with Gasteiger partial charge in [0, 0.05) is 37.3 Å². The second-order valence-corrected chi connectivity index (χ2v) is 7.02. The van der Waals surface area contributed by atoms with Crippen LogP contribution < -0.4 is 0 Å². The summed E-state index contributed by atoms with van der Waals surface area (Å²) in [4.78, 5) is 2.76. The summed E-state index contributed by atoms with van der Waals surface area (Å²) in [5.74, 6) is 0. The van der Waals surface area contributed by atoms with Crippen LogP contribution in [0.3, 0.4) is 0 Å². The Morgan fingerprint density at radius 2 is 1.42 bits per heavy atom. The summed E-state index contributed by atoms with van der Waals surface area (Å²) in [6, 6.07) is 0.714. The average molecular weight is 289 g/mol. The molecule has 6 nitrogen and oxygen atoms in total. The van der Waals surface area contributed by atoms with Gasteiger partial charge >= 0.3 is 8.80 Å². The first-order valence-electron chi connectivity index (χ1n) is 7.17. The molecule has 0 bridgehead atoms. The fourth-order valence-corrected chi connectivity index (χ4v) is 4.34. The Hall–Kier alpha value is -0.593. The smallest absolute Gasteiger partial charge is 0.373 e. The molecule has 0 heterocycles. The molecule has 0 spiro atoms. The van der Waals surface area contributed by atoms with Gasteiger partial charge in [-0.1, -0.05) is 25.9 Å². The summed E-state index contributed by atoms with van der Waals surface area (Å²) >= 11 is 0. The topological polar surface area (TPSA) is 76.5 Å². The van der Waals surface area contributed by atoms with Gasteiger partial charge in [-0.25, -0.2) is 0 Å². The fraction of sp³-hybridized carbons (Fsp3) is 1.00. The lowest BCUT2D eigenvalue weighted by Crippen LogP contribution is -2.46. The lowest BCUT2D eigenvalue weighted by molar-refractivity contribution is 0.0589. The molecule has 0 unspecified atom stereocenters. The Bertz CT molecular complexity index is 239. The molecule has 0 aromatic rings. The predicted octanol–water partition coefficient (Wildman–Crippen LogP) is 3.91. The molecule has 0 radical (unpaired) electrons. The maximum absolute atomic E-state index is 8.30. The van der Waals surface area contributed by atoms with Gasteiger partial charge in [-0.2, -0.15) is 0 Å². The van der Waals surface area contributed by atoms with Crippen molar-refractivity contribution in [3.05, 3.63) is 10.4 Å². The van der Waals surface area contributed by atoms with E-state index in [1.54, 1.807) is 0 Å². The molecule has 0 fully saturated rings. The van der Waals surface area contributed by atoms with Gasteiger partial charge in [0.1, 0.15) is 0 Å². The van der Waals surface area contributed by atoms with Gasteiger partial charge in [0.2, 0.25) is 0 Å². The molecule has 0 N–H and O–H groups in total. The van der Waals surface area contributed by atoms with Crippen molar-refractivity contribution in [1.82, 2.24) is 0 Å². The minimum absolute atomic E-state index is 0.464. The van der Waals surface area contributed by atoms with Crippen LogP contribution in [0.2, 0.25) is 6.04 Å². The van der Waals surface area contributed by atoms with Crippen LogP contribution in [0.1, 0.15) is 46.5 Å². The van der Waals surface area contributed by atoms with Crippen molar-refractivity contribution in [1.29, 1.82) is 0 Å². The highest BCUT2D eigenvalue weighted by Gasteiger charge is 2.40. The Morgan fingerprint density at radius 1 is 0.947 bits per heavy atom. The van der Waals surface area contributed by atoms with Crippen LogP contribution in [0.25, 0.3) is 10.4 Å². The van der Waals surface area contributed by atoms with Crippen molar-refractivity contribution in [2.24, 2.45) is 5.11 Å². The number of hydrogen-bond acceptors (Lipinski definition) is 4. The molecule has 7 heteroatoms. The van der Waals surface area contributed by atoms with Gasteiger partial charge in [-0.05, 0) is 31.2 Å². The normalized spacial score (nSPS) is 11.3. The lowest BCUT2D eigenvalue weighted by Gasteiger charge is -2.29. The highest BCUT2D eigenvalue weighted by atomic mass is 28.4. The molecule has 0 aliphatic carbocycles. The predicted molar refractivity (Wildman–Crippen MR) is 77.9 cm³/mol. The van der Waals surface area contributed by atoms with Crippen LogP contribution in [0.15, 0.2) is 5.11 Å². The Morgan fingerprint density at radius 3 is 1.79 bits per heavy atom. The van der Waals surface area contributed by atoms with E-state index in [4.69, 9.17) is 18.8 Å². The Labute approximate surface area is 117 Å². The molecule has 19 heavy (non-hydrogen) atoms. The SMILES string of the molecule is CCCO[Si](CCCN=[N+]=[N-])(OCCC)OCCC. The first-order chi connectivity index (χ1) is 9.24. The largest absolute Gasteiger partial charge is 0.500 e. The third-order valence-corrected chi connectivity index (χ3v) is 5.28. The summed E-state index contributed by atoms with van der Waals surface area (Å²) in [5.41, 5.74) is 8.30. The van der Waals surface area contributed by atoms with Gasteiger partial charge in [-0.3, -0.25) is 0 Å². The van der Waals surface area contributed by atoms with Gasteiger partial charge in [-0.15, -0.1) is 0 Å². The maximum atomic E-state index is 8.30. The molecule has 0 amide bonds. The number of azide groups is 1. The van der Waals surface area contributed by atoms with Crippen molar-refractivity contribution in [2.45, 2.75) is 52.5 Å². The first-order valence-corrected chi connectivity index (χ1v) is 9.10. The summed E-state index contributed by atoms with van der Waals surface area (Å²) in [7, 11) is -2.59. The average Bonchev–Trinajstić information content (AvgIpc) is 2.44. The van der Waals surface area contributed by atoms with Crippen molar-refractivity contribution in [3.8, 4) is 0 Å². The molecule has 0 saturated carbocycles. The summed E-state index contributed by atoms with van der Waals surface area (Å²) in [6.45, 7) is 8.63. The molecule has 112 valence electrons. The number of nitrogens with zero attached hydrogens (tertiary/aromatic N) is 3. The molecule has 0 atom stereocenters. The molecule has 0 aromatic carbocycles. The van der Waals surface area contributed by atoms with E-state index in [9.17, 15) is 0 Å². The molecule has 0 rings (SSSR count). The van der Waals surface area contributed by atoms with Crippen LogP contribution in [0, 0.1) is 0 Å². The van der Waals surface area contributed by atoms with E-state index < -0.39 is 8.80 Å². The molecular weight excluding hydrogens is 262 g/mol. The molecule has 0 aromatic heterocycles. The standard InChI is InChI=1S/C12H27N3O3Si/c1-4-9-16-19(17-10-5-2,18-11-6-3)12-7-8-14-15-13/h4-12H2,1-3H3. The molecule has 0 saturated heterocycles. The lowest BCUT2D eigenvalue weighted by atomic mass is 10.5. The van der Waals surface area contributed by atoms with Gasteiger partial charge in [0.05, 0.1) is 0 Å². The van der Waals surface area contributed by atoms with Gasteiger partial charge < -0.3 is 13.3 Å². The van der Waals surface area contributed by atoms with Crippen LogP contribution >= 0.6 is 0 Å². The van der Waals surface area contributed by atoms with Crippen LogP contribution in [0.4, 0.5) is 0 Å². The summed E-state index contributed by atoms with van der Waals surface area (Å²) in [6.07, 6.45) is 3.57. The minimum atomic E-state index is -2.59. The highest BCUT2D eigenvalue weighted by Crippen LogP contribution is 2.19. The quantitative estimate of drug-likeness (QED) is 0.169. The monoisotopic (exact) mass is 289 g/mol. The second kappa shape index (κ2) is 12.4. The summed E-state index contributed by atoms with van der Waals surface area (Å²) in [5, 5.41) is 3.55. The van der Waals surface area contributed by atoms with Gasteiger partial charge in [0.25, 0.3) is 0 Å². The Balaban J connectivity index is 4.50. The van der Waals surface area contributed by atoms with Crippen LogP contribution in [0.5, 0.6) is 0 Å². The van der Waals surface area contributed by atoms with E-state index in [0.29, 0.717) is 32.4 Å². The highest BCUT2D eigenvalue weighted by molar-refractivity contribution is 6.60. The Kier molecular flexibility index (Phi) is 12.1. The van der Waals surface area contributed by atoms with E-state index in [1.165, 1.54) is 0 Å². The van der Waals surface area contributed by atoms with Gasteiger partial charge in [0.15, 0.2) is 0 Å². The minimum Gasteiger partial charge on any atom is -0.373 e. The van der Waals surface area contributed by atoms with E-state index in [1.807, 2.05) is 0 Å². The van der Waals surface area contributed by atoms with E-state index in [0.717, 1.165) is 25.7 Å². The number of rotatable bonds is 13. The van der Waals surface area contributed by atoms with Crippen molar-refractivity contribution >= 4 is 8.80 Å². The van der Waals surface area contributed by atoms with Crippen molar-refractivity contribution in [2.75, 3.05) is 26.4 Å². The molecule has 0 aliphatic heterocycles. The van der Waals surface area contributed by atoms with Crippen LogP contribution in [-0.2, 0) is 13.3 Å². The third-order valence-electron chi connectivity index (χ3n) is 2.38. The van der Waals surface area contributed by atoms with E-state index in [2.05, 4.69) is 30.8 Å². The van der Waals surface area contributed by atoms with E-state index in [-0.39, 0.29) is 0 Å². The molecule has 0 aliphatic rings. The molecular formula is C12H27N3O3Si. The zero-order valence-corrected chi connectivity index (χ0v) is 13.4. The van der Waals surface area contributed by atoms with Crippen molar-refractivity contribution < 1.29 is 13.3 Å². The fourth-order valence-electron chi connectivity index (χ4n) is 1.53. The van der Waals surface area contributed by atoms with E-state index >= 15 is 0 Å². The number of hydrogen-bond donors (Lipinski definition) is 0. The van der Waals surface area contributed by atoms with Crippen molar-refractivity contribution in [3.63, 3.8) is 0 Å². The zero-order chi connectivity index (χ0) is 14.4. The third kappa shape index (κ3) is 9.02. The summed E-state index contributed by atoms with van der Waals surface area (Å²) < 4.78 is 17.8. The maximum Gasteiger partial charge on any atom is 0.500 e.